The van der Waals surface area contributed by atoms with Crippen LogP contribution in [0.4, 0.5) is 0 Å². The molecule has 2 fully saturated rings. The van der Waals surface area contributed by atoms with Crippen LogP contribution in [0.25, 0.3) is 0 Å². The summed E-state index contributed by atoms with van der Waals surface area (Å²) < 4.78 is 0. The van der Waals surface area contributed by atoms with Gasteiger partial charge in [0, 0.05) is 19.1 Å². The Morgan fingerprint density at radius 3 is 2.28 bits per heavy atom. The van der Waals surface area contributed by atoms with Gasteiger partial charge in [-0.15, -0.1) is 0 Å². The van der Waals surface area contributed by atoms with Crippen molar-refractivity contribution in [1.29, 1.82) is 0 Å². The van der Waals surface area contributed by atoms with E-state index in [1.165, 1.54) is 71.5 Å². The van der Waals surface area contributed by atoms with Crippen LogP contribution in [0.3, 0.4) is 0 Å². The fourth-order valence-electron chi connectivity index (χ4n) is 2.84. The minimum absolute atomic E-state index is 0.801. The van der Waals surface area contributed by atoms with Crippen LogP contribution in [0, 0.1) is 5.92 Å². The molecule has 0 spiro atoms. The lowest BCUT2D eigenvalue weighted by Gasteiger charge is -2.33. The topological polar surface area (TPSA) is 18.5 Å². The third-order valence-electron chi connectivity index (χ3n) is 4.61. The molecule has 1 aliphatic heterocycles. The van der Waals surface area contributed by atoms with Crippen LogP contribution >= 0.6 is 0 Å². The van der Waals surface area contributed by atoms with E-state index in [4.69, 9.17) is 0 Å². The number of hydrogen-bond donors (Lipinski definition) is 1. The summed E-state index contributed by atoms with van der Waals surface area (Å²) in [5.74, 6) is 1.02. The van der Waals surface area contributed by atoms with Crippen molar-refractivity contribution in [3.63, 3.8) is 0 Å². The first-order valence-electron chi connectivity index (χ1n) is 8.00. The van der Waals surface area contributed by atoms with Gasteiger partial charge in [-0.2, -0.15) is 0 Å². The minimum Gasteiger partial charge on any atom is -0.314 e. The smallest absolute Gasteiger partial charge is 0.0109 e. The molecule has 3 heteroatoms. The standard InChI is InChI=1S/C15H31N3/c1-3-17(4-2)11-12-18-9-7-15(8-10-18)16-13-14-5-6-14/h14-16H,3-13H2,1-2H3. The average molecular weight is 253 g/mol. The van der Waals surface area contributed by atoms with Crippen molar-refractivity contribution in [1.82, 2.24) is 15.1 Å². The molecule has 0 unspecified atom stereocenters. The van der Waals surface area contributed by atoms with Crippen molar-refractivity contribution >= 4 is 0 Å². The summed E-state index contributed by atoms with van der Waals surface area (Å²) >= 11 is 0. The van der Waals surface area contributed by atoms with Crippen molar-refractivity contribution in [2.75, 3.05) is 45.8 Å². The number of nitrogens with zero attached hydrogens (tertiary/aromatic N) is 2. The molecule has 1 N–H and O–H groups in total. The highest BCUT2D eigenvalue weighted by Gasteiger charge is 2.24. The van der Waals surface area contributed by atoms with Crippen LogP contribution < -0.4 is 5.32 Å². The van der Waals surface area contributed by atoms with E-state index in [-0.39, 0.29) is 0 Å². The molecule has 2 aliphatic rings. The maximum atomic E-state index is 3.75. The fourth-order valence-corrected chi connectivity index (χ4v) is 2.84. The third-order valence-corrected chi connectivity index (χ3v) is 4.61. The van der Waals surface area contributed by atoms with Gasteiger partial charge in [-0.05, 0) is 64.3 Å². The number of likely N-dealkylation sites (N-methyl/N-ethyl adjacent to an activating group) is 1. The molecule has 0 aromatic carbocycles. The molecular formula is C15H31N3. The zero-order valence-electron chi connectivity index (χ0n) is 12.3. The summed E-state index contributed by atoms with van der Waals surface area (Å²) in [5.41, 5.74) is 0. The molecule has 0 amide bonds. The van der Waals surface area contributed by atoms with Crippen LogP contribution in [-0.2, 0) is 0 Å². The Kier molecular flexibility index (Phi) is 5.93. The lowest BCUT2D eigenvalue weighted by molar-refractivity contribution is 0.169. The van der Waals surface area contributed by atoms with E-state index < -0.39 is 0 Å². The van der Waals surface area contributed by atoms with E-state index >= 15 is 0 Å². The molecule has 0 radical (unpaired) electrons. The van der Waals surface area contributed by atoms with Crippen LogP contribution in [-0.4, -0.2) is 61.7 Å². The van der Waals surface area contributed by atoms with Gasteiger partial charge in [0.1, 0.15) is 0 Å². The lowest BCUT2D eigenvalue weighted by Crippen LogP contribution is -2.45. The Labute approximate surface area is 113 Å². The van der Waals surface area contributed by atoms with Gasteiger partial charge in [-0.25, -0.2) is 0 Å². The summed E-state index contributed by atoms with van der Waals surface area (Å²) in [4.78, 5) is 5.17. The average Bonchev–Trinajstić information content (AvgIpc) is 3.23. The van der Waals surface area contributed by atoms with Gasteiger partial charge in [0.25, 0.3) is 0 Å². The Morgan fingerprint density at radius 2 is 1.72 bits per heavy atom. The molecule has 2 rings (SSSR count). The van der Waals surface area contributed by atoms with Gasteiger partial charge in [0.2, 0.25) is 0 Å². The Hall–Kier alpha value is -0.120. The molecule has 1 aliphatic carbocycles. The molecule has 106 valence electrons. The van der Waals surface area contributed by atoms with Crippen molar-refractivity contribution in [3.8, 4) is 0 Å². The van der Waals surface area contributed by atoms with Gasteiger partial charge in [-0.3, -0.25) is 0 Å². The molecule has 0 aromatic heterocycles. The van der Waals surface area contributed by atoms with Crippen LogP contribution in [0.2, 0.25) is 0 Å². The van der Waals surface area contributed by atoms with Gasteiger partial charge in [-0.1, -0.05) is 13.8 Å². The second-order valence-electron chi connectivity index (χ2n) is 5.99. The zero-order valence-corrected chi connectivity index (χ0v) is 12.3. The maximum Gasteiger partial charge on any atom is 0.0109 e. The SMILES string of the molecule is CCN(CC)CCN1CCC(NCC2CC2)CC1. The molecule has 0 aromatic rings. The van der Waals surface area contributed by atoms with Crippen molar-refractivity contribution in [3.05, 3.63) is 0 Å². The first kappa shape index (κ1) is 14.3. The van der Waals surface area contributed by atoms with Crippen LogP contribution in [0.5, 0.6) is 0 Å². The van der Waals surface area contributed by atoms with E-state index in [9.17, 15) is 0 Å². The molecular weight excluding hydrogens is 222 g/mol. The summed E-state index contributed by atoms with van der Waals surface area (Å²) in [6.07, 6.45) is 5.64. The largest absolute Gasteiger partial charge is 0.314 e. The first-order chi connectivity index (χ1) is 8.81. The maximum absolute atomic E-state index is 3.75. The van der Waals surface area contributed by atoms with Gasteiger partial charge in [0.05, 0.1) is 0 Å². The van der Waals surface area contributed by atoms with Crippen molar-refractivity contribution < 1.29 is 0 Å². The van der Waals surface area contributed by atoms with Gasteiger partial charge in [0.15, 0.2) is 0 Å². The summed E-state index contributed by atoms with van der Waals surface area (Å²) in [7, 11) is 0. The lowest BCUT2D eigenvalue weighted by atomic mass is 10.0. The van der Waals surface area contributed by atoms with Gasteiger partial charge < -0.3 is 15.1 Å². The fraction of sp³-hybridized carbons (Fsp3) is 1.00. The molecule has 1 saturated carbocycles. The van der Waals surface area contributed by atoms with E-state index in [1.54, 1.807) is 0 Å². The van der Waals surface area contributed by atoms with Gasteiger partial charge >= 0.3 is 0 Å². The van der Waals surface area contributed by atoms with E-state index in [0.717, 1.165) is 12.0 Å². The second-order valence-corrected chi connectivity index (χ2v) is 5.99. The summed E-state index contributed by atoms with van der Waals surface area (Å²) in [5, 5.41) is 3.75. The molecule has 0 atom stereocenters. The molecule has 18 heavy (non-hydrogen) atoms. The third kappa shape index (κ3) is 4.87. The number of likely N-dealkylation sites (tertiary alicyclic amines) is 1. The quantitative estimate of drug-likeness (QED) is 0.711. The predicted molar refractivity (Wildman–Crippen MR) is 78.0 cm³/mol. The monoisotopic (exact) mass is 253 g/mol. The highest BCUT2D eigenvalue weighted by atomic mass is 15.2. The first-order valence-corrected chi connectivity index (χ1v) is 8.00. The molecule has 0 bridgehead atoms. The van der Waals surface area contributed by atoms with E-state index in [0.29, 0.717) is 0 Å². The Morgan fingerprint density at radius 1 is 1.06 bits per heavy atom. The van der Waals surface area contributed by atoms with Crippen LogP contribution in [0.15, 0.2) is 0 Å². The van der Waals surface area contributed by atoms with Crippen molar-refractivity contribution in [2.45, 2.75) is 45.6 Å². The second kappa shape index (κ2) is 7.46. The molecule has 1 heterocycles. The summed E-state index contributed by atoms with van der Waals surface area (Å²) in [6, 6.07) is 0.801. The Bertz CT molecular complexity index is 216. The summed E-state index contributed by atoms with van der Waals surface area (Å²) in [6.45, 7) is 13.3. The van der Waals surface area contributed by atoms with E-state index in [1.807, 2.05) is 0 Å². The number of nitrogens with one attached hydrogen (secondary N) is 1. The normalized spacial score (nSPS) is 22.8. The van der Waals surface area contributed by atoms with Crippen LogP contribution in [0.1, 0.15) is 39.5 Å². The zero-order chi connectivity index (χ0) is 12.8. The number of rotatable bonds is 8. The Balaban J connectivity index is 1.54. The van der Waals surface area contributed by atoms with E-state index in [2.05, 4.69) is 29.0 Å². The molecule has 3 nitrogen and oxygen atoms in total. The van der Waals surface area contributed by atoms with Crippen molar-refractivity contribution in [2.24, 2.45) is 5.92 Å². The highest BCUT2D eigenvalue weighted by molar-refractivity contribution is 4.81. The number of piperidine rings is 1. The predicted octanol–water partition coefficient (Wildman–Crippen LogP) is 1.79. The highest BCUT2D eigenvalue weighted by Crippen LogP contribution is 2.28. The number of hydrogen-bond acceptors (Lipinski definition) is 3. The molecule has 1 saturated heterocycles. The minimum atomic E-state index is 0.801.